The van der Waals surface area contributed by atoms with Gasteiger partial charge in [-0.25, -0.2) is 12.7 Å². The Hall–Kier alpha value is -0.170. The van der Waals surface area contributed by atoms with E-state index in [-0.39, 0.29) is 5.75 Å². The van der Waals surface area contributed by atoms with Crippen molar-refractivity contribution in [1.82, 2.24) is 9.62 Å². The molecule has 5 nitrogen and oxygen atoms in total. The number of rotatable bonds is 5. The largest absolute Gasteiger partial charge is 0.381 e. The third-order valence-corrected chi connectivity index (χ3v) is 6.26. The molecule has 2 fully saturated rings. The molecule has 2 aliphatic rings. The lowest BCUT2D eigenvalue weighted by molar-refractivity contribution is 0.173. The summed E-state index contributed by atoms with van der Waals surface area (Å²) in [5, 5.41) is 3.65. The van der Waals surface area contributed by atoms with Crippen molar-refractivity contribution in [2.24, 2.45) is 5.92 Å². The first-order valence-electron chi connectivity index (χ1n) is 7.34. The standard InChI is InChI=1S/C13H26N2O3S/c1-3-19(16,17)15-7-4-13(5-8-15)14-11(2)12-6-9-18-10-12/h11-14H,3-10H2,1-2H3. The highest BCUT2D eigenvalue weighted by atomic mass is 32.2. The second-order valence-electron chi connectivity index (χ2n) is 5.65. The molecule has 0 aromatic carbocycles. The molecule has 2 saturated heterocycles. The van der Waals surface area contributed by atoms with E-state index < -0.39 is 10.0 Å². The van der Waals surface area contributed by atoms with Crippen LogP contribution >= 0.6 is 0 Å². The molecule has 2 atom stereocenters. The van der Waals surface area contributed by atoms with Crippen molar-refractivity contribution in [3.05, 3.63) is 0 Å². The summed E-state index contributed by atoms with van der Waals surface area (Å²) in [4.78, 5) is 0. The molecule has 19 heavy (non-hydrogen) atoms. The van der Waals surface area contributed by atoms with Crippen LogP contribution in [-0.4, -0.2) is 56.9 Å². The van der Waals surface area contributed by atoms with E-state index in [2.05, 4.69) is 12.2 Å². The monoisotopic (exact) mass is 290 g/mol. The lowest BCUT2D eigenvalue weighted by atomic mass is 9.98. The first kappa shape index (κ1) is 15.2. The van der Waals surface area contributed by atoms with Gasteiger partial charge in [0.1, 0.15) is 0 Å². The maximum absolute atomic E-state index is 11.8. The van der Waals surface area contributed by atoms with Gasteiger partial charge < -0.3 is 10.1 Å². The SMILES string of the molecule is CCS(=O)(=O)N1CCC(NC(C)C2CCOC2)CC1. The van der Waals surface area contributed by atoms with Crippen LogP contribution in [0.3, 0.4) is 0 Å². The molecule has 2 heterocycles. The Kier molecular flexibility index (Phi) is 5.22. The number of hydrogen-bond donors (Lipinski definition) is 1. The van der Waals surface area contributed by atoms with Crippen LogP contribution in [0.2, 0.25) is 0 Å². The van der Waals surface area contributed by atoms with Crippen LogP contribution in [0.4, 0.5) is 0 Å². The van der Waals surface area contributed by atoms with Crippen LogP contribution in [0.1, 0.15) is 33.1 Å². The zero-order chi connectivity index (χ0) is 13.9. The molecule has 2 rings (SSSR count). The molecule has 0 saturated carbocycles. The second kappa shape index (κ2) is 6.52. The lowest BCUT2D eigenvalue weighted by Gasteiger charge is -2.34. The van der Waals surface area contributed by atoms with Gasteiger partial charge in [0.25, 0.3) is 0 Å². The molecule has 0 spiro atoms. The van der Waals surface area contributed by atoms with Gasteiger partial charge in [0.2, 0.25) is 10.0 Å². The van der Waals surface area contributed by atoms with Crippen molar-refractivity contribution in [2.75, 3.05) is 32.1 Å². The smallest absolute Gasteiger partial charge is 0.213 e. The van der Waals surface area contributed by atoms with E-state index in [4.69, 9.17) is 4.74 Å². The van der Waals surface area contributed by atoms with E-state index in [1.54, 1.807) is 11.2 Å². The Labute approximate surface area is 116 Å². The van der Waals surface area contributed by atoms with Crippen molar-refractivity contribution in [2.45, 2.75) is 45.2 Å². The van der Waals surface area contributed by atoms with Crippen LogP contribution in [0.5, 0.6) is 0 Å². The van der Waals surface area contributed by atoms with Crippen LogP contribution in [0, 0.1) is 5.92 Å². The van der Waals surface area contributed by atoms with Crippen LogP contribution < -0.4 is 5.32 Å². The molecular weight excluding hydrogens is 264 g/mol. The quantitative estimate of drug-likeness (QED) is 0.814. The predicted octanol–water partition coefficient (Wildman–Crippen LogP) is 0.815. The number of nitrogens with zero attached hydrogens (tertiary/aromatic N) is 1. The second-order valence-corrected chi connectivity index (χ2v) is 7.91. The van der Waals surface area contributed by atoms with Crippen LogP contribution in [-0.2, 0) is 14.8 Å². The van der Waals surface area contributed by atoms with Gasteiger partial charge in [-0.3, -0.25) is 0 Å². The minimum Gasteiger partial charge on any atom is -0.381 e. The number of hydrogen-bond acceptors (Lipinski definition) is 4. The fourth-order valence-corrected chi connectivity index (χ4v) is 4.07. The zero-order valence-electron chi connectivity index (χ0n) is 12.0. The molecule has 6 heteroatoms. The zero-order valence-corrected chi connectivity index (χ0v) is 12.8. The van der Waals surface area contributed by atoms with Gasteiger partial charge in [0, 0.05) is 31.8 Å². The molecule has 0 amide bonds. The van der Waals surface area contributed by atoms with Crippen molar-refractivity contribution in [1.29, 1.82) is 0 Å². The maximum Gasteiger partial charge on any atom is 0.213 e. The summed E-state index contributed by atoms with van der Waals surface area (Å²) < 4.78 is 30.6. The Bertz CT molecular complexity index is 371. The van der Waals surface area contributed by atoms with Gasteiger partial charge in [-0.15, -0.1) is 0 Å². The Balaban J connectivity index is 1.77. The highest BCUT2D eigenvalue weighted by molar-refractivity contribution is 7.89. The number of piperidine rings is 1. The topological polar surface area (TPSA) is 58.6 Å². The summed E-state index contributed by atoms with van der Waals surface area (Å²) in [6.07, 6.45) is 2.96. The summed E-state index contributed by atoms with van der Waals surface area (Å²) >= 11 is 0. The van der Waals surface area contributed by atoms with Gasteiger partial charge in [-0.1, -0.05) is 0 Å². The Morgan fingerprint density at radius 2 is 2.00 bits per heavy atom. The average Bonchev–Trinajstić information content (AvgIpc) is 2.93. The Morgan fingerprint density at radius 3 is 2.53 bits per heavy atom. The first-order chi connectivity index (χ1) is 9.03. The molecule has 0 bridgehead atoms. The van der Waals surface area contributed by atoms with Gasteiger partial charge in [-0.05, 0) is 39.0 Å². The number of ether oxygens (including phenoxy) is 1. The predicted molar refractivity (Wildman–Crippen MR) is 75.6 cm³/mol. The maximum atomic E-state index is 11.8. The molecule has 2 unspecified atom stereocenters. The van der Waals surface area contributed by atoms with Gasteiger partial charge in [0.05, 0.1) is 12.4 Å². The summed E-state index contributed by atoms with van der Waals surface area (Å²) in [5.74, 6) is 0.818. The van der Waals surface area contributed by atoms with E-state index in [1.807, 2.05) is 0 Å². The summed E-state index contributed by atoms with van der Waals surface area (Å²) in [6.45, 7) is 6.97. The summed E-state index contributed by atoms with van der Waals surface area (Å²) in [7, 11) is -3.00. The molecule has 0 aromatic heterocycles. The Morgan fingerprint density at radius 1 is 1.32 bits per heavy atom. The molecule has 112 valence electrons. The number of nitrogens with one attached hydrogen (secondary N) is 1. The lowest BCUT2D eigenvalue weighted by Crippen LogP contribution is -2.49. The van der Waals surface area contributed by atoms with Crippen molar-refractivity contribution in [3.8, 4) is 0 Å². The minimum absolute atomic E-state index is 0.209. The molecule has 0 aliphatic carbocycles. The van der Waals surface area contributed by atoms with Gasteiger partial charge in [0.15, 0.2) is 0 Å². The van der Waals surface area contributed by atoms with E-state index >= 15 is 0 Å². The molecule has 0 radical (unpaired) electrons. The fraction of sp³-hybridized carbons (Fsp3) is 1.00. The van der Waals surface area contributed by atoms with Gasteiger partial charge >= 0.3 is 0 Å². The molecule has 0 aromatic rings. The van der Waals surface area contributed by atoms with E-state index in [0.29, 0.717) is 31.1 Å². The van der Waals surface area contributed by atoms with Crippen molar-refractivity contribution < 1.29 is 13.2 Å². The van der Waals surface area contributed by atoms with Crippen LogP contribution in [0.15, 0.2) is 0 Å². The van der Waals surface area contributed by atoms with Crippen LogP contribution in [0.25, 0.3) is 0 Å². The molecule has 2 aliphatic heterocycles. The van der Waals surface area contributed by atoms with Gasteiger partial charge in [-0.2, -0.15) is 0 Å². The highest BCUT2D eigenvalue weighted by Crippen LogP contribution is 2.20. The fourth-order valence-electron chi connectivity index (χ4n) is 2.94. The minimum atomic E-state index is -3.00. The van der Waals surface area contributed by atoms with Crippen molar-refractivity contribution in [3.63, 3.8) is 0 Å². The normalized spacial score (nSPS) is 28.6. The third-order valence-electron chi connectivity index (χ3n) is 4.38. The summed E-state index contributed by atoms with van der Waals surface area (Å²) in [6, 6.07) is 0.903. The molecular formula is C13H26N2O3S. The third kappa shape index (κ3) is 3.90. The van der Waals surface area contributed by atoms with E-state index in [9.17, 15) is 8.42 Å². The molecule has 1 N–H and O–H groups in total. The van der Waals surface area contributed by atoms with Crippen molar-refractivity contribution >= 4 is 10.0 Å². The van der Waals surface area contributed by atoms with E-state index in [1.165, 1.54) is 0 Å². The first-order valence-corrected chi connectivity index (χ1v) is 8.95. The average molecular weight is 290 g/mol. The van der Waals surface area contributed by atoms with E-state index in [0.717, 1.165) is 32.5 Å². The summed E-state index contributed by atoms with van der Waals surface area (Å²) in [5.41, 5.74) is 0. The highest BCUT2D eigenvalue weighted by Gasteiger charge is 2.29. The number of sulfonamides is 1.